The molecular formula is C17H18F3N3O. The molecule has 2 aromatic rings. The van der Waals surface area contributed by atoms with Crippen molar-refractivity contribution in [3.8, 4) is 5.75 Å². The third-order valence-corrected chi connectivity index (χ3v) is 3.42. The summed E-state index contributed by atoms with van der Waals surface area (Å²) in [4.78, 5) is 0. The number of halogens is 3. The predicted molar refractivity (Wildman–Crippen MR) is 85.9 cm³/mol. The van der Waals surface area contributed by atoms with Crippen molar-refractivity contribution in [1.82, 2.24) is 5.01 Å². The Morgan fingerprint density at radius 1 is 1.17 bits per heavy atom. The Balaban J connectivity index is 0.000000177. The lowest BCUT2D eigenvalue weighted by Gasteiger charge is -2.12. The first-order valence-corrected chi connectivity index (χ1v) is 7.24. The van der Waals surface area contributed by atoms with E-state index < -0.39 is 11.7 Å². The Morgan fingerprint density at radius 3 is 2.42 bits per heavy atom. The first-order valence-electron chi connectivity index (χ1n) is 7.24. The van der Waals surface area contributed by atoms with Crippen molar-refractivity contribution in [2.75, 3.05) is 13.7 Å². The minimum Gasteiger partial charge on any atom is -0.493 e. The lowest BCUT2D eigenvalue weighted by Crippen LogP contribution is -2.32. The van der Waals surface area contributed by atoms with E-state index in [1.165, 1.54) is 11.1 Å². The van der Waals surface area contributed by atoms with Crippen molar-refractivity contribution in [3.05, 3.63) is 65.2 Å². The van der Waals surface area contributed by atoms with E-state index in [2.05, 4.69) is 0 Å². The maximum atomic E-state index is 12.2. The number of ether oxygens (including phenoxy) is 1. The molecule has 0 unspecified atom stereocenters. The summed E-state index contributed by atoms with van der Waals surface area (Å²) >= 11 is 0. The molecule has 2 aromatic carbocycles. The van der Waals surface area contributed by atoms with E-state index in [4.69, 9.17) is 16.0 Å². The Morgan fingerprint density at radius 2 is 1.83 bits per heavy atom. The molecule has 3 N–H and O–H groups in total. The largest absolute Gasteiger partial charge is 0.493 e. The minimum absolute atomic E-state index is 0.325. The highest BCUT2D eigenvalue weighted by molar-refractivity contribution is 5.95. The van der Waals surface area contributed by atoms with Gasteiger partial charge in [0.05, 0.1) is 12.2 Å². The molecule has 0 saturated carbocycles. The van der Waals surface area contributed by atoms with Crippen LogP contribution in [-0.4, -0.2) is 24.5 Å². The molecule has 0 bridgehead atoms. The van der Waals surface area contributed by atoms with Gasteiger partial charge in [0, 0.05) is 19.0 Å². The van der Waals surface area contributed by atoms with Crippen LogP contribution in [0.25, 0.3) is 0 Å². The Bertz CT molecular complexity index is 700. The molecule has 0 amide bonds. The quantitative estimate of drug-likeness (QED) is 0.363. The molecule has 1 aliphatic heterocycles. The van der Waals surface area contributed by atoms with Crippen LogP contribution in [0.4, 0.5) is 13.2 Å². The van der Waals surface area contributed by atoms with Gasteiger partial charge in [0.15, 0.2) is 0 Å². The SMILES string of the molecule is CN(N)C(=N)c1ccccc1.FC(F)(F)c1ccc2c(c1)CCO2. The lowest BCUT2D eigenvalue weighted by atomic mass is 10.1. The second-order valence-electron chi connectivity index (χ2n) is 5.24. The average Bonchev–Trinajstić information content (AvgIpc) is 3.02. The smallest absolute Gasteiger partial charge is 0.416 e. The number of hydrogen-bond donors (Lipinski definition) is 2. The fourth-order valence-corrected chi connectivity index (χ4v) is 2.16. The molecular weight excluding hydrogens is 319 g/mol. The standard InChI is InChI=1S/C9H7F3O.C8H11N3/c10-9(11,12)7-1-2-8-6(5-7)3-4-13-8;1-11(10)8(9)7-5-3-2-4-6-7/h1-2,5H,3-4H2;2-6,9H,10H2,1H3. The van der Waals surface area contributed by atoms with Crippen molar-refractivity contribution < 1.29 is 17.9 Å². The fourth-order valence-electron chi connectivity index (χ4n) is 2.16. The first kappa shape index (κ1) is 17.8. The molecule has 0 atom stereocenters. The normalized spacial score (nSPS) is 12.5. The van der Waals surface area contributed by atoms with Crippen LogP contribution in [0.1, 0.15) is 16.7 Å². The number of rotatable bonds is 1. The first-order chi connectivity index (χ1) is 11.3. The number of hydrazine groups is 1. The van der Waals surface area contributed by atoms with Crippen molar-refractivity contribution in [3.63, 3.8) is 0 Å². The van der Waals surface area contributed by atoms with Gasteiger partial charge in [-0.2, -0.15) is 13.2 Å². The Labute approximate surface area is 138 Å². The van der Waals surface area contributed by atoms with E-state index >= 15 is 0 Å². The lowest BCUT2D eigenvalue weighted by molar-refractivity contribution is -0.137. The van der Waals surface area contributed by atoms with Gasteiger partial charge >= 0.3 is 6.18 Å². The molecule has 0 aromatic heterocycles. The number of nitrogens with two attached hydrogens (primary N) is 1. The van der Waals surface area contributed by atoms with Crippen LogP contribution in [0, 0.1) is 5.41 Å². The van der Waals surface area contributed by atoms with E-state index in [0.717, 1.165) is 17.7 Å². The molecule has 0 radical (unpaired) electrons. The third-order valence-electron chi connectivity index (χ3n) is 3.42. The van der Waals surface area contributed by atoms with Crippen LogP contribution in [0.3, 0.4) is 0 Å². The van der Waals surface area contributed by atoms with Crippen molar-refractivity contribution in [2.45, 2.75) is 12.6 Å². The molecule has 3 rings (SSSR count). The number of alkyl halides is 3. The van der Waals surface area contributed by atoms with Crippen LogP contribution in [0.5, 0.6) is 5.75 Å². The van der Waals surface area contributed by atoms with Crippen molar-refractivity contribution in [1.29, 1.82) is 5.41 Å². The van der Waals surface area contributed by atoms with Gasteiger partial charge in [0.25, 0.3) is 0 Å². The van der Waals surface area contributed by atoms with Crippen LogP contribution >= 0.6 is 0 Å². The average molecular weight is 337 g/mol. The zero-order valence-corrected chi connectivity index (χ0v) is 13.1. The van der Waals surface area contributed by atoms with Gasteiger partial charge in [0.1, 0.15) is 11.6 Å². The second kappa shape index (κ2) is 7.35. The zero-order valence-electron chi connectivity index (χ0n) is 13.1. The summed E-state index contributed by atoms with van der Waals surface area (Å²) in [6.45, 7) is 0.483. The van der Waals surface area contributed by atoms with Crippen LogP contribution in [-0.2, 0) is 12.6 Å². The van der Waals surface area contributed by atoms with Crippen LogP contribution in [0.2, 0.25) is 0 Å². The van der Waals surface area contributed by atoms with E-state index in [1.54, 1.807) is 7.05 Å². The number of amidine groups is 1. The van der Waals surface area contributed by atoms with E-state index in [1.807, 2.05) is 30.3 Å². The highest BCUT2D eigenvalue weighted by Crippen LogP contribution is 2.34. The Kier molecular flexibility index (Phi) is 5.46. The molecule has 0 spiro atoms. The summed E-state index contributed by atoms with van der Waals surface area (Å²) in [7, 11) is 1.65. The highest BCUT2D eigenvalue weighted by Gasteiger charge is 2.31. The van der Waals surface area contributed by atoms with E-state index in [9.17, 15) is 13.2 Å². The van der Waals surface area contributed by atoms with Gasteiger partial charge in [-0.1, -0.05) is 30.3 Å². The highest BCUT2D eigenvalue weighted by atomic mass is 19.4. The molecule has 1 heterocycles. The number of nitrogens with one attached hydrogen (secondary N) is 1. The summed E-state index contributed by atoms with van der Waals surface area (Å²) in [5.41, 5.74) is 0.879. The topological polar surface area (TPSA) is 62.3 Å². The fraction of sp³-hybridized carbons (Fsp3) is 0.235. The van der Waals surface area contributed by atoms with E-state index in [-0.39, 0.29) is 0 Å². The molecule has 7 heteroatoms. The summed E-state index contributed by atoms with van der Waals surface area (Å²) in [5, 5.41) is 8.77. The predicted octanol–water partition coefficient (Wildman–Crippen LogP) is 3.46. The number of benzene rings is 2. The Hall–Kier alpha value is -2.54. The van der Waals surface area contributed by atoms with Crippen LogP contribution in [0.15, 0.2) is 48.5 Å². The summed E-state index contributed by atoms with van der Waals surface area (Å²) < 4.78 is 41.7. The van der Waals surface area contributed by atoms with Gasteiger partial charge in [-0.05, 0) is 23.8 Å². The molecule has 24 heavy (non-hydrogen) atoms. The zero-order chi connectivity index (χ0) is 17.7. The van der Waals surface area contributed by atoms with Gasteiger partial charge in [-0.25, -0.2) is 5.84 Å². The molecule has 128 valence electrons. The molecule has 1 aliphatic rings. The summed E-state index contributed by atoms with van der Waals surface area (Å²) in [5.74, 6) is 6.28. The monoisotopic (exact) mass is 337 g/mol. The van der Waals surface area contributed by atoms with E-state index in [0.29, 0.717) is 30.2 Å². The number of fused-ring (bicyclic) bond motifs is 1. The minimum atomic E-state index is -4.25. The van der Waals surface area contributed by atoms with Gasteiger partial charge in [-0.15, -0.1) is 0 Å². The van der Waals surface area contributed by atoms with Gasteiger partial charge in [-0.3, -0.25) is 10.4 Å². The molecule has 0 aliphatic carbocycles. The molecule has 0 saturated heterocycles. The van der Waals surface area contributed by atoms with Gasteiger partial charge < -0.3 is 4.74 Å². The number of hydrogen-bond acceptors (Lipinski definition) is 3. The summed E-state index contributed by atoms with van der Waals surface area (Å²) in [6.07, 6.45) is -3.68. The van der Waals surface area contributed by atoms with Gasteiger partial charge in [0.2, 0.25) is 0 Å². The third kappa shape index (κ3) is 4.48. The molecule has 0 fully saturated rings. The van der Waals surface area contributed by atoms with Crippen molar-refractivity contribution in [2.24, 2.45) is 5.84 Å². The molecule has 4 nitrogen and oxygen atoms in total. The second-order valence-corrected chi connectivity index (χ2v) is 5.24. The number of nitrogens with zero attached hydrogens (tertiary/aromatic N) is 1. The summed E-state index contributed by atoms with van der Waals surface area (Å²) in [6, 6.07) is 13.0. The van der Waals surface area contributed by atoms with Crippen LogP contribution < -0.4 is 10.6 Å². The van der Waals surface area contributed by atoms with Crippen molar-refractivity contribution >= 4 is 5.84 Å². The maximum absolute atomic E-state index is 12.2. The maximum Gasteiger partial charge on any atom is 0.416 e.